The Labute approximate surface area is 173 Å². The molecular weight excluding hydrogens is 387 g/mol. The number of hydrogen-bond donors (Lipinski definition) is 2. The van der Waals surface area contributed by atoms with Crippen molar-refractivity contribution in [2.75, 3.05) is 5.32 Å². The van der Waals surface area contributed by atoms with Gasteiger partial charge in [-0.1, -0.05) is 0 Å². The minimum absolute atomic E-state index is 0.174. The van der Waals surface area contributed by atoms with Crippen LogP contribution in [0.5, 0.6) is 0 Å². The van der Waals surface area contributed by atoms with Gasteiger partial charge in [-0.25, -0.2) is 4.39 Å². The lowest BCUT2D eigenvalue weighted by atomic mass is 10.1. The Bertz CT molecular complexity index is 1070. The normalized spacial score (nSPS) is 13.2. The van der Waals surface area contributed by atoms with Crippen LogP contribution in [-0.2, 0) is 17.8 Å². The molecule has 0 saturated heterocycles. The third kappa shape index (κ3) is 4.40. The average molecular weight is 410 g/mol. The number of Topliss-reactive ketones (excluding diaryl/α,β-unsaturated/α-hetero) is 1. The van der Waals surface area contributed by atoms with Crippen LogP contribution in [0.25, 0.3) is 0 Å². The van der Waals surface area contributed by atoms with Crippen LogP contribution in [0.2, 0.25) is 0 Å². The first-order chi connectivity index (χ1) is 14.1. The summed E-state index contributed by atoms with van der Waals surface area (Å²) in [6, 6.07) is 6.88. The highest BCUT2D eigenvalue weighted by atomic mass is 19.1. The monoisotopic (exact) mass is 410 g/mol. The topological polar surface area (TPSA) is 104 Å². The van der Waals surface area contributed by atoms with Crippen molar-refractivity contribution in [1.82, 2.24) is 9.88 Å². The number of halogens is 1. The minimum Gasteiger partial charge on any atom is -0.345 e. The summed E-state index contributed by atoms with van der Waals surface area (Å²) in [4.78, 5) is 38.0. The molecule has 2 amide bonds. The van der Waals surface area contributed by atoms with Gasteiger partial charge in [0.1, 0.15) is 11.9 Å². The smallest absolute Gasteiger partial charge is 0.294 e. The number of fused-ring (bicyclic) bond motifs is 1. The molecule has 0 radical (unpaired) electrons. The lowest BCUT2D eigenvalue weighted by Gasteiger charge is -2.21. The molecular formula is C22H23FN4O3. The highest BCUT2D eigenvalue weighted by Gasteiger charge is 2.30. The Morgan fingerprint density at radius 1 is 1.17 bits per heavy atom. The number of hydrogen-bond acceptors (Lipinski definition) is 4. The molecule has 0 spiro atoms. The summed E-state index contributed by atoms with van der Waals surface area (Å²) in [5.74, 6) is -2.57. The van der Waals surface area contributed by atoms with Gasteiger partial charge >= 0.3 is 0 Å². The van der Waals surface area contributed by atoms with E-state index in [9.17, 15) is 18.8 Å². The molecule has 0 saturated carbocycles. The van der Waals surface area contributed by atoms with E-state index in [0.29, 0.717) is 24.2 Å². The number of aromatic nitrogens is 1. The van der Waals surface area contributed by atoms with Gasteiger partial charge in [0.2, 0.25) is 0 Å². The van der Waals surface area contributed by atoms with Crippen LogP contribution >= 0.6 is 0 Å². The van der Waals surface area contributed by atoms with E-state index in [1.165, 1.54) is 18.2 Å². The van der Waals surface area contributed by atoms with E-state index in [0.717, 1.165) is 18.9 Å². The summed E-state index contributed by atoms with van der Waals surface area (Å²) in [5.41, 5.74) is 0.685. The number of nitrogens with one attached hydrogen (secondary N) is 2. The molecule has 0 fully saturated rings. The molecule has 0 unspecified atom stereocenters. The van der Waals surface area contributed by atoms with Gasteiger partial charge in [-0.3, -0.25) is 14.4 Å². The van der Waals surface area contributed by atoms with Gasteiger partial charge in [-0.2, -0.15) is 5.26 Å². The molecule has 2 heterocycles. The Morgan fingerprint density at radius 2 is 1.90 bits per heavy atom. The molecule has 30 heavy (non-hydrogen) atoms. The van der Waals surface area contributed by atoms with Crippen molar-refractivity contribution in [3.63, 3.8) is 0 Å². The van der Waals surface area contributed by atoms with E-state index in [-0.39, 0.29) is 16.9 Å². The number of nitriles is 1. The van der Waals surface area contributed by atoms with Gasteiger partial charge in [0, 0.05) is 23.5 Å². The molecule has 7 nitrogen and oxygen atoms in total. The Morgan fingerprint density at radius 3 is 2.57 bits per heavy atom. The van der Waals surface area contributed by atoms with Crippen LogP contribution in [0.15, 0.2) is 24.3 Å². The number of anilines is 1. The van der Waals surface area contributed by atoms with Crippen LogP contribution in [0, 0.1) is 17.1 Å². The summed E-state index contributed by atoms with van der Waals surface area (Å²) in [5, 5.41) is 14.3. The number of rotatable bonds is 4. The van der Waals surface area contributed by atoms with E-state index in [1.54, 1.807) is 31.4 Å². The summed E-state index contributed by atoms with van der Waals surface area (Å²) < 4.78 is 15.3. The van der Waals surface area contributed by atoms with E-state index < -0.39 is 29.0 Å². The van der Waals surface area contributed by atoms with Crippen molar-refractivity contribution in [2.24, 2.45) is 0 Å². The predicted octanol–water partition coefficient (Wildman–Crippen LogP) is 3.18. The molecule has 3 rings (SSSR count). The van der Waals surface area contributed by atoms with Gasteiger partial charge in [0.15, 0.2) is 0 Å². The van der Waals surface area contributed by atoms with Crippen molar-refractivity contribution in [2.45, 2.75) is 52.1 Å². The molecule has 2 N–H and O–H groups in total. The predicted molar refractivity (Wildman–Crippen MR) is 109 cm³/mol. The Hall–Kier alpha value is -3.47. The molecule has 0 atom stereocenters. The molecule has 0 aliphatic carbocycles. The zero-order valence-electron chi connectivity index (χ0n) is 17.1. The number of nitrogens with zero attached hydrogens (tertiary/aromatic N) is 2. The van der Waals surface area contributed by atoms with E-state index in [1.807, 2.05) is 0 Å². The highest BCUT2D eigenvalue weighted by Crippen LogP contribution is 2.26. The summed E-state index contributed by atoms with van der Waals surface area (Å²) in [6.45, 7) is 5.89. The first kappa shape index (κ1) is 21.2. The molecule has 156 valence electrons. The number of carbonyl (C=O) groups excluding carboxylic acids is 3. The molecule has 1 aliphatic rings. The molecule has 8 heteroatoms. The summed E-state index contributed by atoms with van der Waals surface area (Å²) >= 11 is 0. The number of amides is 2. The fourth-order valence-electron chi connectivity index (χ4n) is 3.46. The first-order valence-corrected chi connectivity index (χ1v) is 9.71. The maximum Gasteiger partial charge on any atom is 0.294 e. The van der Waals surface area contributed by atoms with Crippen molar-refractivity contribution < 1.29 is 18.8 Å². The van der Waals surface area contributed by atoms with Gasteiger partial charge in [0.05, 0.1) is 16.8 Å². The lowest BCUT2D eigenvalue weighted by Crippen LogP contribution is -2.44. The summed E-state index contributed by atoms with van der Waals surface area (Å²) in [6.07, 6.45) is 2.30. The molecule has 1 aromatic carbocycles. The van der Waals surface area contributed by atoms with Crippen LogP contribution in [0.4, 0.5) is 10.1 Å². The zero-order chi connectivity index (χ0) is 22.1. The fourth-order valence-corrected chi connectivity index (χ4v) is 3.46. The summed E-state index contributed by atoms with van der Waals surface area (Å²) in [7, 11) is 0. The highest BCUT2D eigenvalue weighted by molar-refractivity contribution is 6.42. The van der Waals surface area contributed by atoms with Crippen LogP contribution in [0.3, 0.4) is 0 Å². The second-order valence-electron chi connectivity index (χ2n) is 8.29. The lowest BCUT2D eigenvalue weighted by molar-refractivity contribution is -0.118. The van der Waals surface area contributed by atoms with Crippen LogP contribution in [0.1, 0.15) is 65.7 Å². The number of ketones is 1. The van der Waals surface area contributed by atoms with Crippen molar-refractivity contribution >= 4 is 23.3 Å². The SMILES string of the molecule is CC(C)(C)NC(=O)C(=O)c1cc(C(=O)Nc2ccc(F)c(C#N)c2)c2n1CCCC2. The van der Waals surface area contributed by atoms with Crippen molar-refractivity contribution in [1.29, 1.82) is 5.26 Å². The fraction of sp³-hybridized carbons (Fsp3) is 0.364. The Balaban J connectivity index is 1.92. The van der Waals surface area contributed by atoms with Gasteiger partial charge in [-0.05, 0) is 64.3 Å². The van der Waals surface area contributed by atoms with E-state index in [2.05, 4.69) is 10.6 Å². The van der Waals surface area contributed by atoms with E-state index >= 15 is 0 Å². The zero-order valence-corrected chi connectivity index (χ0v) is 17.1. The third-order valence-corrected chi connectivity index (χ3v) is 4.77. The van der Waals surface area contributed by atoms with Crippen LogP contribution in [-0.4, -0.2) is 27.7 Å². The Kier molecular flexibility index (Phi) is 5.74. The second-order valence-corrected chi connectivity index (χ2v) is 8.29. The van der Waals surface area contributed by atoms with Crippen molar-refractivity contribution in [3.8, 4) is 6.07 Å². The van der Waals surface area contributed by atoms with Gasteiger partial charge < -0.3 is 15.2 Å². The number of carbonyl (C=O) groups is 3. The molecule has 1 aromatic heterocycles. The standard InChI is InChI=1S/C22H23FN4O3/c1-22(2,3)26-21(30)19(28)18-11-15(17-6-4-5-9-27(17)18)20(29)25-14-7-8-16(23)13(10-14)12-24/h7-8,10-11H,4-6,9H2,1-3H3,(H,25,29)(H,26,30). The largest absolute Gasteiger partial charge is 0.345 e. The average Bonchev–Trinajstić information content (AvgIpc) is 3.07. The van der Waals surface area contributed by atoms with Crippen LogP contribution < -0.4 is 10.6 Å². The maximum atomic E-state index is 13.5. The molecule has 0 bridgehead atoms. The molecule has 1 aliphatic heterocycles. The second kappa shape index (κ2) is 8.11. The number of benzene rings is 1. The maximum absolute atomic E-state index is 13.5. The van der Waals surface area contributed by atoms with Gasteiger partial charge in [0.25, 0.3) is 17.6 Å². The first-order valence-electron chi connectivity index (χ1n) is 9.71. The van der Waals surface area contributed by atoms with Crippen molar-refractivity contribution in [3.05, 3.63) is 52.6 Å². The third-order valence-electron chi connectivity index (χ3n) is 4.77. The molecule has 2 aromatic rings. The van der Waals surface area contributed by atoms with Gasteiger partial charge in [-0.15, -0.1) is 0 Å². The quantitative estimate of drug-likeness (QED) is 0.597. The van der Waals surface area contributed by atoms with E-state index in [4.69, 9.17) is 5.26 Å². The minimum atomic E-state index is -0.725.